The third-order valence-corrected chi connectivity index (χ3v) is 3.58. The van der Waals surface area contributed by atoms with Gasteiger partial charge in [0.25, 0.3) is 11.6 Å². The van der Waals surface area contributed by atoms with Crippen molar-refractivity contribution >= 4 is 11.6 Å². The molecule has 0 unspecified atom stereocenters. The lowest BCUT2D eigenvalue weighted by Gasteiger charge is -2.10. The van der Waals surface area contributed by atoms with Crippen LogP contribution in [0.1, 0.15) is 5.56 Å². The van der Waals surface area contributed by atoms with Gasteiger partial charge in [-0.3, -0.25) is 14.9 Å². The van der Waals surface area contributed by atoms with E-state index in [4.69, 9.17) is 14.2 Å². The van der Waals surface area contributed by atoms with Crippen LogP contribution >= 0.6 is 0 Å². The van der Waals surface area contributed by atoms with E-state index in [0.29, 0.717) is 24.5 Å². The Kier molecular flexibility index (Phi) is 6.78. The number of benzene rings is 2. The summed E-state index contributed by atoms with van der Waals surface area (Å²) in [4.78, 5) is 22.0. The summed E-state index contributed by atoms with van der Waals surface area (Å²) >= 11 is 0. The van der Waals surface area contributed by atoms with E-state index in [1.54, 1.807) is 26.4 Å². The molecule has 0 atom stereocenters. The fourth-order valence-electron chi connectivity index (χ4n) is 2.27. The molecule has 138 valence electrons. The molecule has 2 aromatic rings. The maximum atomic E-state index is 11.8. The highest BCUT2D eigenvalue weighted by molar-refractivity contribution is 5.77. The van der Waals surface area contributed by atoms with Crippen LogP contribution in [0.3, 0.4) is 0 Å². The van der Waals surface area contributed by atoms with E-state index >= 15 is 0 Å². The molecule has 0 bridgehead atoms. The average molecular weight is 360 g/mol. The predicted molar refractivity (Wildman–Crippen MR) is 94.9 cm³/mol. The summed E-state index contributed by atoms with van der Waals surface area (Å²) in [5, 5.41) is 13.4. The molecule has 1 amide bonds. The van der Waals surface area contributed by atoms with Crippen molar-refractivity contribution in [3.8, 4) is 17.2 Å². The van der Waals surface area contributed by atoms with Crippen LogP contribution in [-0.4, -0.2) is 38.2 Å². The minimum absolute atomic E-state index is 0.0867. The number of amides is 1. The summed E-state index contributed by atoms with van der Waals surface area (Å²) in [6, 6.07) is 11.2. The quantitative estimate of drug-likeness (QED) is 0.544. The first-order chi connectivity index (χ1) is 12.5. The van der Waals surface area contributed by atoms with Gasteiger partial charge in [0.1, 0.15) is 5.75 Å². The van der Waals surface area contributed by atoms with E-state index in [0.717, 1.165) is 5.56 Å². The molecular weight excluding hydrogens is 340 g/mol. The van der Waals surface area contributed by atoms with Crippen molar-refractivity contribution in [3.63, 3.8) is 0 Å². The Morgan fingerprint density at radius 2 is 1.88 bits per heavy atom. The first kappa shape index (κ1) is 19.0. The fraction of sp³-hybridized carbons (Fsp3) is 0.278. The predicted octanol–water partition coefficient (Wildman–Crippen LogP) is 2.35. The Bertz CT molecular complexity index is 778. The lowest BCUT2D eigenvalue weighted by molar-refractivity contribution is -0.384. The van der Waals surface area contributed by atoms with Crippen LogP contribution in [0.4, 0.5) is 5.69 Å². The first-order valence-corrected chi connectivity index (χ1v) is 7.88. The maximum Gasteiger partial charge on any atom is 0.273 e. The summed E-state index contributed by atoms with van der Waals surface area (Å²) in [5.74, 6) is 1.24. The second-order valence-electron chi connectivity index (χ2n) is 5.33. The van der Waals surface area contributed by atoms with Gasteiger partial charge in [-0.05, 0) is 30.2 Å². The van der Waals surface area contributed by atoms with Gasteiger partial charge in [-0.2, -0.15) is 0 Å². The van der Waals surface area contributed by atoms with Crippen LogP contribution in [0.5, 0.6) is 17.2 Å². The Hall–Kier alpha value is -3.29. The van der Waals surface area contributed by atoms with Crippen molar-refractivity contribution in [3.05, 3.63) is 58.1 Å². The fourth-order valence-corrected chi connectivity index (χ4v) is 2.27. The lowest BCUT2D eigenvalue weighted by atomic mass is 10.1. The van der Waals surface area contributed by atoms with E-state index in [1.807, 2.05) is 12.1 Å². The molecule has 8 heteroatoms. The van der Waals surface area contributed by atoms with Gasteiger partial charge in [0.15, 0.2) is 18.1 Å². The van der Waals surface area contributed by atoms with Crippen LogP contribution in [0, 0.1) is 10.1 Å². The second-order valence-corrected chi connectivity index (χ2v) is 5.33. The normalized spacial score (nSPS) is 10.1. The maximum absolute atomic E-state index is 11.8. The average Bonchev–Trinajstić information content (AvgIpc) is 2.66. The zero-order chi connectivity index (χ0) is 18.9. The molecule has 0 aliphatic rings. The zero-order valence-electron chi connectivity index (χ0n) is 14.6. The molecular formula is C18H20N2O6. The molecule has 1 N–H and O–H groups in total. The van der Waals surface area contributed by atoms with Crippen LogP contribution in [0.15, 0.2) is 42.5 Å². The molecule has 2 rings (SSSR count). The molecule has 0 aliphatic heterocycles. The molecule has 0 aromatic heterocycles. The smallest absolute Gasteiger partial charge is 0.273 e. The van der Waals surface area contributed by atoms with Gasteiger partial charge in [-0.15, -0.1) is 0 Å². The second kappa shape index (κ2) is 9.26. The van der Waals surface area contributed by atoms with E-state index in [1.165, 1.54) is 18.2 Å². The summed E-state index contributed by atoms with van der Waals surface area (Å²) in [6.07, 6.45) is 0.614. The zero-order valence-corrected chi connectivity index (χ0v) is 14.6. The highest BCUT2D eigenvalue weighted by Gasteiger charge is 2.09. The lowest BCUT2D eigenvalue weighted by Crippen LogP contribution is -2.30. The molecule has 0 aliphatic carbocycles. The number of rotatable bonds is 9. The van der Waals surface area contributed by atoms with Crippen LogP contribution in [-0.2, 0) is 11.2 Å². The topological polar surface area (TPSA) is 99.9 Å². The number of hydrogen-bond acceptors (Lipinski definition) is 6. The van der Waals surface area contributed by atoms with Gasteiger partial charge < -0.3 is 19.5 Å². The van der Waals surface area contributed by atoms with Crippen molar-refractivity contribution in [2.45, 2.75) is 6.42 Å². The van der Waals surface area contributed by atoms with Gasteiger partial charge in [0.2, 0.25) is 0 Å². The minimum Gasteiger partial charge on any atom is -0.493 e. The SMILES string of the molecule is COc1ccc(CCNC(=O)COc2cccc([N+](=O)[O-])c2)cc1OC. The molecule has 0 radical (unpaired) electrons. The van der Waals surface area contributed by atoms with Crippen molar-refractivity contribution < 1.29 is 23.9 Å². The molecule has 8 nitrogen and oxygen atoms in total. The van der Waals surface area contributed by atoms with Crippen LogP contribution in [0.25, 0.3) is 0 Å². The van der Waals surface area contributed by atoms with Crippen LogP contribution < -0.4 is 19.5 Å². The number of methoxy groups -OCH3 is 2. The Morgan fingerprint density at radius 3 is 2.58 bits per heavy atom. The standard InChI is InChI=1S/C18H20N2O6/c1-24-16-7-6-13(10-17(16)25-2)8-9-19-18(21)12-26-15-5-3-4-14(11-15)20(22)23/h3-7,10-11H,8-9,12H2,1-2H3,(H,19,21). The van der Waals surface area contributed by atoms with E-state index < -0.39 is 4.92 Å². The number of nitro benzene ring substituents is 1. The molecule has 0 saturated heterocycles. The minimum atomic E-state index is -0.518. The highest BCUT2D eigenvalue weighted by atomic mass is 16.6. The Morgan fingerprint density at radius 1 is 1.12 bits per heavy atom. The molecule has 26 heavy (non-hydrogen) atoms. The summed E-state index contributed by atoms with van der Waals surface area (Å²) in [6.45, 7) is 0.208. The van der Waals surface area contributed by atoms with Crippen molar-refractivity contribution in [2.24, 2.45) is 0 Å². The van der Waals surface area contributed by atoms with Crippen LogP contribution in [0.2, 0.25) is 0 Å². The van der Waals surface area contributed by atoms with Gasteiger partial charge in [-0.25, -0.2) is 0 Å². The van der Waals surface area contributed by atoms with Crippen molar-refractivity contribution in [2.75, 3.05) is 27.4 Å². The summed E-state index contributed by atoms with van der Waals surface area (Å²) in [7, 11) is 3.13. The molecule has 0 saturated carbocycles. The number of carbonyl (C=O) groups is 1. The third kappa shape index (κ3) is 5.37. The van der Waals surface area contributed by atoms with Gasteiger partial charge >= 0.3 is 0 Å². The first-order valence-electron chi connectivity index (χ1n) is 7.88. The van der Waals surface area contributed by atoms with Crippen molar-refractivity contribution in [1.29, 1.82) is 0 Å². The van der Waals surface area contributed by atoms with E-state index in [-0.39, 0.29) is 24.0 Å². The van der Waals surface area contributed by atoms with Gasteiger partial charge in [-0.1, -0.05) is 12.1 Å². The molecule has 0 spiro atoms. The van der Waals surface area contributed by atoms with E-state index in [2.05, 4.69) is 5.32 Å². The third-order valence-electron chi connectivity index (χ3n) is 3.58. The number of nitro groups is 1. The molecule has 2 aromatic carbocycles. The van der Waals surface area contributed by atoms with Gasteiger partial charge in [0.05, 0.1) is 25.2 Å². The Labute approximate surface area is 150 Å². The monoisotopic (exact) mass is 360 g/mol. The molecule has 0 fully saturated rings. The number of hydrogen-bond donors (Lipinski definition) is 1. The summed E-state index contributed by atoms with van der Waals surface area (Å²) < 4.78 is 15.7. The highest BCUT2D eigenvalue weighted by Crippen LogP contribution is 2.27. The number of nitrogens with one attached hydrogen (secondary N) is 1. The number of non-ortho nitro benzene ring substituents is 1. The molecule has 0 heterocycles. The Balaban J connectivity index is 1.79. The van der Waals surface area contributed by atoms with E-state index in [9.17, 15) is 14.9 Å². The number of carbonyl (C=O) groups excluding carboxylic acids is 1. The van der Waals surface area contributed by atoms with Crippen molar-refractivity contribution in [1.82, 2.24) is 5.32 Å². The number of nitrogens with zero attached hydrogens (tertiary/aromatic N) is 1. The number of ether oxygens (including phenoxy) is 3. The van der Waals surface area contributed by atoms with Gasteiger partial charge in [0, 0.05) is 12.6 Å². The largest absolute Gasteiger partial charge is 0.493 e. The summed E-state index contributed by atoms with van der Waals surface area (Å²) in [5.41, 5.74) is 0.902.